The standard InChI is InChI=1S/C22H17F3N4O2/c23-22(24,25)13-4-2-6-15(8-13)31-14-5-1-3-12(7-14)19-16-9-27-29-21(16)28-17-10-26-11-18(30)20(17)19/h1-9,18,26,30H,10-11H2,(H,27,28,29). The molecule has 0 aliphatic carbocycles. The third-order valence-electron chi connectivity index (χ3n) is 5.20. The second-order valence-electron chi connectivity index (χ2n) is 7.28. The number of aliphatic hydroxyl groups is 1. The molecule has 1 aliphatic heterocycles. The molecule has 2 aromatic carbocycles. The van der Waals surface area contributed by atoms with Gasteiger partial charge in [0.25, 0.3) is 0 Å². The highest BCUT2D eigenvalue weighted by Gasteiger charge is 2.31. The van der Waals surface area contributed by atoms with Gasteiger partial charge in [-0.25, -0.2) is 4.98 Å². The van der Waals surface area contributed by atoms with Crippen LogP contribution in [0.3, 0.4) is 0 Å². The van der Waals surface area contributed by atoms with Gasteiger partial charge in [-0.1, -0.05) is 18.2 Å². The summed E-state index contributed by atoms with van der Waals surface area (Å²) in [6, 6.07) is 11.8. The maximum atomic E-state index is 13.0. The molecule has 9 heteroatoms. The topological polar surface area (TPSA) is 83.1 Å². The molecule has 1 aliphatic rings. The molecule has 0 fully saturated rings. The fraction of sp³-hybridized carbons (Fsp3) is 0.182. The molecule has 0 saturated carbocycles. The number of β-amino-alcohol motifs (C(OH)–C–C–N with tert-alkyl or cyclic N) is 1. The van der Waals surface area contributed by atoms with Crippen molar-refractivity contribution in [2.75, 3.05) is 6.54 Å². The van der Waals surface area contributed by atoms with Gasteiger partial charge in [0.2, 0.25) is 0 Å². The molecule has 0 spiro atoms. The molecule has 5 rings (SSSR count). The highest BCUT2D eigenvalue weighted by Crippen LogP contribution is 2.39. The number of nitrogens with one attached hydrogen (secondary N) is 2. The van der Waals surface area contributed by atoms with Crippen LogP contribution in [-0.2, 0) is 12.7 Å². The quantitative estimate of drug-likeness (QED) is 0.447. The van der Waals surface area contributed by atoms with E-state index in [1.165, 1.54) is 12.1 Å². The predicted molar refractivity (Wildman–Crippen MR) is 108 cm³/mol. The summed E-state index contributed by atoms with van der Waals surface area (Å²) in [5, 5.41) is 21.5. The Morgan fingerprint density at radius 1 is 1.06 bits per heavy atom. The van der Waals surface area contributed by atoms with E-state index in [9.17, 15) is 18.3 Å². The SMILES string of the molecule is OC1CNCc2nc3[nH]ncc3c(-c3cccc(Oc4cccc(C(F)(F)F)c4)c3)c21. The lowest BCUT2D eigenvalue weighted by Gasteiger charge is -2.25. The van der Waals surface area contributed by atoms with Crippen molar-refractivity contribution in [3.63, 3.8) is 0 Å². The Hall–Kier alpha value is -3.43. The van der Waals surface area contributed by atoms with E-state index < -0.39 is 17.8 Å². The molecular formula is C22H17F3N4O2. The van der Waals surface area contributed by atoms with Gasteiger partial charge in [-0.15, -0.1) is 0 Å². The minimum absolute atomic E-state index is 0.0847. The number of aliphatic hydroxyl groups excluding tert-OH is 1. The lowest BCUT2D eigenvalue weighted by Crippen LogP contribution is -2.29. The summed E-state index contributed by atoms with van der Waals surface area (Å²) < 4.78 is 44.7. The van der Waals surface area contributed by atoms with Gasteiger partial charge in [0.1, 0.15) is 11.5 Å². The molecule has 3 heterocycles. The largest absolute Gasteiger partial charge is 0.457 e. The number of hydrogen-bond donors (Lipinski definition) is 3. The number of halogens is 3. The number of alkyl halides is 3. The zero-order valence-corrected chi connectivity index (χ0v) is 16.1. The lowest BCUT2D eigenvalue weighted by atomic mass is 9.91. The van der Waals surface area contributed by atoms with Gasteiger partial charge in [-0.2, -0.15) is 18.3 Å². The summed E-state index contributed by atoms with van der Waals surface area (Å²) in [4.78, 5) is 4.56. The van der Waals surface area contributed by atoms with Crippen LogP contribution < -0.4 is 10.1 Å². The van der Waals surface area contributed by atoms with Gasteiger partial charge >= 0.3 is 6.18 Å². The number of hydrogen-bond acceptors (Lipinski definition) is 5. The molecule has 6 nitrogen and oxygen atoms in total. The van der Waals surface area contributed by atoms with Crippen molar-refractivity contribution >= 4 is 11.0 Å². The van der Waals surface area contributed by atoms with E-state index in [2.05, 4.69) is 20.5 Å². The Bertz CT molecular complexity index is 1270. The van der Waals surface area contributed by atoms with E-state index in [0.717, 1.165) is 34.3 Å². The summed E-state index contributed by atoms with van der Waals surface area (Å²) in [6.07, 6.45) is -3.56. The number of benzene rings is 2. The monoisotopic (exact) mass is 426 g/mol. The summed E-state index contributed by atoms with van der Waals surface area (Å²) in [6.45, 7) is 0.903. The number of H-pyrrole nitrogens is 1. The van der Waals surface area contributed by atoms with Gasteiger partial charge in [-0.3, -0.25) is 5.10 Å². The van der Waals surface area contributed by atoms with Crippen LogP contribution in [0.15, 0.2) is 54.7 Å². The molecule has 4 aromatic rings. The van der Waals surface area contributed by atoms with Gasteiger partial charge in [0.15, 0.2) is 5.65 Å². The zero-order chi connectivity index (χ0) is 21.6. The minimum Gasteiger partial charge on any atom is -0.457 e. The van der Waals surface area contributed by atoms with Gasteiger partial charge in [0.05, 0.1) is 23.6 Å². The molecule has 0 saturated heterocycles. The van der Waals surface area contributed by atoms with E-state index in [-0.39, 0.29) is 5.75 Å². The predicted octanol–water partition coefficient (Wildman–Crippen LogP) is 4.57. The van der Waals surface area contributed by atoms with Crippen molar-refractivity contribution in [2.24, 2.45) is 0 Å². The Kier molecular flexibility index (Phi) is 4.64. The van der Waals surface area contributed by atoms with Crippen molar-refractivity contribution in [3.8, 4) is 22.6 Å². The fourth-order valence-electron chi connectivity index (χ4n) is 3.85. The summed E-state index contributed by atoms with van der Waals surface area (Å²) in [7, 11) is 0. The van der Waals surface area contributed by atoms with Crippen molar-refractivity contribution < 1.29 is 23.0 Å². The number of fused-ring (bicyclic) bond motifs is 2. The number of pyridine rings is 1. The maximum absolute atomic E-state index is 13.0. The number of ether oxygens (including phenoxy) is 1. The Morgan fingerprint density at radius 2 is 1.84 bits per heavy atom. The van der Waals surface area contributed by atoms with Gasteiger partial charge in [-0.05, 0) is 35.9 Å². The van der Waals surface area contributed by atoms with E-state index in [1.54, 1.807) is 24.4 Å². The smallest absolute Gasteiger partial charge is 0.416 e. The van der Waals surface area contributed by atoms with Crippen molar-refractivity contribution in [1.82, 2.24) is 20.5 Å². The molecule has 158 valence electrons. The first-order valence-electron chi connectivity index (χ1n) is 9.60. The van der Waals surface area contributed by atoms with E-state index in [0.29, 0.717) is 30.0 Å². The first-order chi connectivity index (χ1) is 14.9. The average Bonchev–Trinajstić information content (AvgIpc) is 3.20. The number of aromatic amines is 1. The van der Waals surface area contributed by atoms with Crippen molar-refractivity contribution in [2.45, 2.75) is 18.8 Å². The van der Waals surface area contributed by atoms with Gasteiger partial charge in [0, 0.05) is 29.6 Å². The number of rotatable bonds is 3. The van der Waals surface area contributed by atoms with Crippen LogP contribution in [0.5, 0.6) is 11.5 Å². The molecule has 0 radical (unpaired) electrons. The lowest BCUT2D eigenvalue weighted by molar-refractivity contribution is -0.137. The second kappa shape index (κ2) is 7.36. The summed E-state index contributed by atoms with van der Waals surface area (Å²) in [5.74, 6) is 0.462. The molecule has 31 heavy (non-hydrogen) atoms. The summed E-state index contributed by atoms with van der Waals surface area (Å²) >= 11 is 0. The first kappa shape index (κ1) is 19.5. The Labute approximate surface area is 174 Å². The van der Waals surface area contributed by atoms with Crippen LogP contribution in [0.4, 0.5) is 13.2 Å². The molecule has 0 bridgehead atoms. The Morgan fingerprint density at radius 3 is 2.65 bits per heavy atom. The zero-order valence-electron chi connectivity index (χ0n) is 16.1. The Balaban J connectivity index is 1.58. The molecule has 1 atom stereocenters. The third kappa shape index (κ3) is 3.62. The highest BCUT2D eigenvalue weighted by atomic mass is 19.4. The third-order valence-corrected chi connectivity index (χ3v) is 5.20. The van der Waals surface area contributed by atoms with Gasteiger partial charge < -0.3 is 15.2 Å². The van der Waals surface area contributed by atoms with E-state index in [4.69, 9.17) is 4.74 Å². The van der Waals surface area contributed by atoms with Crippen LogP contribution in [0.2, 0.25) is 0 Å². The molecule has 2 aromatic heterocycles. The van der Waals surface area contributed by atoms with Crippen LogP contribution >= 0.6 is 0 Å². The van der Waals surface area contributed by atoms with Crippen LogP contribution in [0, 0.1) is 0 Å². The van der Waals surface area contributed by atoms with Crippen LogP contribution in [0.25, 0.3) is 22.2 Å². The van der Waals surface area contributed by atoms with E-state index >= 15 is 0 Å². The van der Waals surface area contributed by atoms with Crippen molar-refractivity contribution in [3.05, 3.63) is 71.5 Å². The number of aromatic nitrogens is 3. The molecular weight excluding hydrogens is 409 g/mol. The molecule has 1 unspecified atom stereocenters. The normalized spacial score (nSPS) is 16.3. The van der Waals surface area contributed by atoms with Crippen LogP contribution in [-0.4, -0.2) is 26.8 Å². The summed E-state index contributed by atoms with van der Waals surface area (Å²) in [5.41, 5.74) is 2.76. The van der Waals surface area contributed by atoms with Crippen LogP contribution in [0.1, 0.15) is 22.9 Å². The molecule has 3 N–H and O–H groups in total. The molecule has 0 amide bonds. The number of nitrogens with zero attached hydrogens (tertiary/aromatic N) is 2. The first-order valence-corrected chi connectivity index (χ1v) is 9.60. The van der Waals surface area contributed by atoms with Crippen molar-refractivity contribution in [1.29, 1.82) is 0 Å². The minimum atomic E-state index is -4.45. The highest BCUT2D eigenvalue weighted by molar-refractivity contribution is 5.95. The fourth-order valence-corrected chi connectivity index (χ4v) is 3.85. The van der Waals surface area contributed by atoms with E-state index in [1.807, 2.05) is 6.07 Å². The average molecular weight is 426 g/mol. The second-order valence-corrected chi connectivity index (χ2v) is 7.28. The maximum Gasteiger partial charge on any atom is 0.416 e.